The number of sulfonamides is 1. The lowest BCUT2D eigenvalue weighted by Crippen LogP contribution is -2.12. The zero-order valence-electron chi connectivity index (χ0n) is 10.8. The average molecular weight is 383 g/mol. The lowest BCUT2D eigenvalue weighted by molar-refractivity contribution is 0.601. The average Bonchev–Trinajstić information content (AvgIpc) is 2.94. The standard InChI is InChI=1S/C14H11BrN2O2S2/c15-8-10-1-4-12(5-2-10)21(18,19)17-11-3-6-13-14(7-11)20-9-16-13/h1-7,9,17H,8H2. The van der Waals surface area contributed by atoms with E-state index in [-0.39, 0.29) is 4.90 Å². The van der Waals surface area contributed by atoms with E-state index in [1.54, 1.807) is 48.0 Å². The van der Waals surface area contributed by atoms with E-state index in [1.807, 2.05) is 0 Å². The number of nitrogens with zero attached hydrogens (tertiary/aromatic N) is 1. The minimum absolute atomic E-state index is 0.247. The number of hydrogen-bond donors (Lipinski definition) is 1. The second-order valence-electron chi connectivity index (χ2n) is 4.42. The molecule has 0 aliphatic heterocycles. The number of nitrogens with one attached hydrogen (secondary N) is 1. The Morgan fingerprint density at radius 1 is 1.14 bits per heavy atom. The first kappa shape index (κ1) is 14.5. The molecule has 0 bridgehead atoms. The summed E-state index contributed by atoms with van der Waals surface area (Å²) in [6, 6.07) is 12.1. The highest BCUT2D eigenvalue weighted by Gasteiger charge is 2.14. The highest BCUT2D eigenvalue weighted by atomic mass is 79.9. The molecule has 0 aliphatic carbocycles. The Kier molecular flexibility index (Phi) is 3.97. The Balaban J connectivity index is 1.90. The molecule has 2 aromatic carbocycles. The van der Waals surface area contributed by atoms with E-state index < -0.39 is 10.0 Å². The minimum atomic E-state index is -3.57. The normalized spacial score (nSPS) is 11.7. The summed E-state index contributed by atoms with van der Waals surface area (Å²) in [6.45, 7) is 0. The second-order valence-corrected chi connectivity index (χ2v) is 7.55. The van der Waals surface area contributed by atoms with Gasteiger partial charge in [0.2, 0.25) is 0 Å². The van der Waals surface area contributed by atoms with Crippen LogP contribution in [0, 0.1) is 0 Å². The van der Waals surface area contributed by atoms with Gasteiger partial charge in [-0.15, -0.1) is 11.3 Å². The van der Waals surface area contributed by atoms with Gasteiger partial charge in [0.25, 0.3) is 10.0 Å². The number of benzene rings is 2. The smallest absolute Gasteiger partial charge is 0.261 e. The molecule has 0 saturated carbocycles. The van der Waals surface area contributed by atoms with Crippen molar-refractivity contribution in [1.82, 2.24) is 4.98 Å². The van der Waals surface area contributed by atoms with E-state index in [2.05, 4.69) is 25.6 Å². The summed E-state index contributed by atoms with van der Waals surface area (Å²) in [5.41, 5.74) is 4.17. The summed E-state index contributed by atoms with van der Waals surface area (Å²) in [7, 11) is -3.57. The van der Waals surface area contributed by atoms with Crippen molar-refractivity contribution in [2.24, 2.45) is 0 Å². The van der Waals surface area contributed by atoms with Gasteiger partial charge in [0.15, 0.2) is 0 Å². The van der Waals surface area contributed by atoms with E-state index in [9.17, 15) is 8.42 Å². The summed E-state index contributed by atoms with van der Waals surface area (Å²) in [4.78, 5) is 4.42. The van der Waals surface area contributed by atoms with Crippen molar-refractivity contribution in [2.45, 2.75) is 10.2 Å². The van der Waals surface area contributed by atoms with E-state index >= 15 is 0 Å². The topological polar surface area (TPSA) is 59.1 Å². The first-order chi connectivity index (χ1) is 10.1. The van der Waals surface area contributed by atoms with Crippen molar-refractivity contribution in [3.05, 3.63) is 53.5 Å². The van der Waals surface area contributed by atoms with E-state index in [4.69, 9.17) is 0 Å². The van der Waals surface area contributed by atoms with Crippen LogP contribution >= 0.6 is 27.3 Å². The number of aromatic nitrogens is 1. The van der Waals surface area contributed by atoms with Crippen LogP contribution in [-0.4, -0.2) is 13.4 Å². The van der Waals surface area contributed by atoms with Crippen molar-refractivity contribution in [3.63, 3.8) is 0 Å². The van der Waals surface area contributed by atoms with Crippen molar-refractivity contribution in [2.75, 3.05) is 4.72 Å². The van der Waals surface area contributed by atoms with E-state index in [1.165, 1.54) is 11.3 Å². The Bertz CT molecular complexity index is 873. The van der Waals surface area contributed by atoms with Gasteiger partial charge in [0.05, 0.1) is 26.3 Å². The van der Waals surface area contributed by atoms with E-state index in [0.717, 1.165) is 15.8 Å². The van der Waals surface area contributed by atoms with Crippen LogP contribution < -0.4 is 4.72 Å². The van der Waals surface area contributed by atoms with Crippen LogP contribution in [0.3, 0.4) is 0 Å². The molecule has 0 unspecified atom stereocenters. The second kappa shape index (κ2) is 5.75. The summed E-state index contributed by atoms with van der Waals surface area (Å²) in [5.74, 6) is 0. The van der Waals surface area contributed by atoms with Gasteiger partial charge < -0.3 is 0 Å². The molecule has 1 aromatic heterocycles. The van der Waals surface area contributed by atoms with Gasteiger partial charge in [-0.05, 0) is 35.9 Å². The summed E-state index contributed by atoms with van der Waals surface area (Å²) in [6.07, 6.45) is 0. The van der Waals surface area contributed by atoms with Gasteiger partial charge in [-0.1, -0.05) is 28.1 Å². The molecular formula is C14H11BrN2O2S2. The molecule has 108 valence electrons. The molecule has 3 aromatic rings. The highest BCUT2D eigenvalue weighted by molar-refractivity contribution is 9.08. The molecule has 0 fully saturated rings. The molecule has 0 radical (unpaired) electrons. The number of hydrogen-bond acceptors (Lipinski definition) is 4. The maximum Gasteiger partial charge on any atom is 0.261 e. The molecule has 0 spiro atoms. The quantitative estimate of drug-likeness (QED) is 0.693. The first-order valence-electron chi connectivity index (χ1n) is 6.09. The van der Waals surface area contributed by atoms with Crippen LogP contribution in [0.4, 0.5) is 5.69 Å². The van der Waals surface area contributed by atoms with Gasteiger partial charge in [-0.3, -0.25) is 4.72 Å². The molecule has 0 saturated heterocycles. The third-order valence-corrected chi connectivity index (χ3v) is 5.81. The molecule has 21 heavy (non-hydrogen) atoms. The Labute approximate surface area is 135 Å². The minimum Gasteiger partial charge on any atom is -0.280 e. The van der Waals surface area contributed by atoms with Gasteiger partial charge in [0.1, 0.15) is 0 Å². The largest absolute Gasteiger partial charge is 0.280 e. The fourth-order valence-corrected chi connectivity index (χ4v) is 4.03. The zero-order valence-corrected chi connectivity index (χ0v) is 14.0. The van der Waals surface area contributed by atoms with Crippen molar-refractivity contribution in [1.29, 1.82) is 0 Å². The maximum atomic E-state index is 12.3. The van der Waals surface area contributed by atoms with Crippen LogP contribution in [-0.2, 0) is 15.4 Å². The van der Waals surface area contributed by atoms with Crippen LogP contribution in [0.2, 0.25) is 0 Å². The van der Waals surface area contributed by atoms with Gasteiger partial charge >= 0.3 is 0 Å². The molecule has 1 heterocycles. The lowest BCUT2D eigenvalue weighted by Gasteiger charge is -2.08. The maximum absolute atomic E-state index is 12.3. The number of anilines is 1. The van der Waals surface area contributed by atoms with Crippen LogP contribution in [0.15, 0.2) is 52.9 Å². The molecular weight excluding hydrogens is 372 g/mol. The third-order valence-electron chi connectivity index (χ3n) is 2.97. The fourth-order valence-electron chi connectivity index (χ4n) is 1.89. The van der Waals surface area contributed by atoms with Crippen LogP contribution in [0.1, 0.15) is 5.56 Å². The number of alkyl halides is 1. The van der Waals surface area contributed by atoms with Crippen LogP contribution in [0.25, 0.3) is 10.2 Å². The molecule has 4 nitrogen and oxygen atoms in total. The van der Waals surface area contributed by atoms with Gasteiger partial charge in [-0.25, -0.2) is 13.4 Å². The van der Waals surface area contributed by atoms with Crippen LogP contribution in [0.5, 0.6) is 0 Å². The van der Waals surface area contributed by atoms with Gasteiger partial charge in [-0.2, -0.15) is 0 Å². The molecule has 0 amide bonds. The number of fused-ring (bicyclic) bond motifs is 1. The molecule has 0 atom stereocenters. The van der Waals surface area contributed by atoms with Crippen molar-refractivity contribution < 1.29 is 8.42 Å². The number of thiazole rings is 1. The predicted molar refractivity (Wildman–Crippen MR) is 89.5 cm³/mol. The van der Waals surface area contributed by atoms with E-state index in [0.29, 0.717) is 11.0 Å². The first-order valence-corrected chi connectivity index (χ1v) is 9.58. The molecule has 0 aliphatic rings. The Morgan fingerprint density at radius 3 is 2.62 bits per heavy atom. The lowest BCUT2D eigenvalue weighted by atomic mass is 10.2. The Hall–Kier alpha value is -1.44. The van der Waals surface area contributed by atoms with Crippen molar-refractivity contribution in [3.8, 4) is 0 Å². The third kappa shape index (κ3) is 3.09. The molecule has 7 heteroatoms. The summed E-state index contributed by atoms with van der Waals surface area (Å²) < 4.78 is 28.2. The molecule has 3 rings (SSSR count). The zero-order chi connectivity index (χ0) is 14.9. The fraction of sp³-hybridized carbons (Fsp3) is 0.0714. The number of rotatable bonds is 4. The SMILES string of the molecule is O=S(=O)(Nc1ccc2ncsc2c1)c1ccc(CBr)cc1. The number of halogens is 1. The van der Waals surface area contributed by atoms with Gasteiger partial charge in [0, 0.05) is 5.33 Å². The highest BCUT2D eigenvalue weighted by Crippen LogP contribution is 2.24. The Morgan fingerprint density at radius 2 is 1.90 bits per heavy atom. The van der Waals surface area contributed by atoms with Crippen molar-refractivity contribution >= 4 is 53.2 Å². The summed E-state index contributed by atoms with van der Waals surface area (Å²) in [5, 5.41) is 0.697. The molecule has 1 N–H and O–H groups in total. The summed E-state index contributed by atoms with van der Waals surface area (Å²) >= 11 is 4.81. The monoisotopic (exact) mass is 382 g/mol. The predicted octanol–water partition coefficient (Wildman–Crippen LogP) is 3.99.